The van der Waals surface area contributed by atoms with Gasteiger partial charge in [0.05, 0.1) is 12.6 Å². The van der Waals surface area contributed by atoms with Crippen LogP contribution in [0.15, 0.2) is 30.9 Å². The largest absolute Gasteiger partial charge is 0.490 e. The summed E-state index contributed by atoms with van der Waals surface area (Å²) < 4.78 is 11.4. The standard InChI is InChI=1S/C20H31NO2/c1-3-14-23-19-13-12-17(15-20(19)22-4-2)16-21-18-10-8-6-5-7-9-11-18/h3,12-13,15,18,21H,1,4-11,14,16H2,2H3/p+1. The summed E-state index contributed by atoms with van der Waals surface area (Å²) in [6.45, 7) is 7.88. The summed E-state index contributed by atoms with van der Waals surface area (Å²) in [6, 6.07) is 7.08. The Balaban J connectivity index is 1.92. The van der Waals surface area contributed by atoms with Crippen LogP contribution in [-0.2, 0) is 6.54 Å². The van der Waals surface area contributed by atoms with Crippen molar-refractivity contribution in [1.82, 2.24) is 0 Å². The lowest BCUT2D eigenvalue weighted by atomic mass is 9.96. The minimum Gasteiger partial charge on any atom is -0.490 e. The van der Waals surface area contributed by atoms with Gasteiger partial charge in [-0.15, -0.1) is 0 Å². The molecule has 0 bridgehead atoms. The number of hydrogen-bond acceptors (Lipinski definition) is 2. The highest BCUT2D eigenvalue weighted by Gasteiger charge is 2.14. The van der Waals surface area contributed by atoms with Crippen molar-refractivity contribution in [3.8, 4) is 11.5 Å². The van der Waals surface area contributed by atoms with Crippen LogP contribution in [0.1, 0.15) is 57.4 Å². The Morgan fingerprint density at radius 2 is 1.83 bits per heavy atom. The van der Waals surface area contributed by atoms with Crippen molar-refractivity contribution in [2.75, 3.05) is 13.2 Å². The maximum absolute atomic E-state index is 5.73. The van der Waals surface area contributed by atoms with Crippen LogP contribution in [0, 0.1) is 0 Å². The average Bonchev–Trinajstić information content (AvgIpc) is 2.53. The van der Waals surface area contributed by atoms with Crippen LogP contribution in [0.2, 0.25) is 0 Å². The van der Waals surface area contributed by atoms with E-state index in [-0.39, 0.29) is 0 Å². The van der Waals surface area contributed by atoms with Crippen LogP contribution in [0.3, 0.4) is 0 Å². The SMILES string of the molecule is C=CCOc1ccc(C[NH2+]C2CCCCCCC2)cc1OCC. The van der Waals surface area contributed by atoms with Gasteiger partial charge in [0.1, 0.15) is 13.2 Å². The lowest BCUT2D eigenvalue weighted by Gasteiger charge is -2.18. The van der Waals surface area contributed by atoms with Gasteiger partial charge in [-0.25, -0.2) is 0 Å². The van der Waals surface area contributed by atoms with Crippen molar-refractivity contribution in [3.63, 3.8) is 0 Å². The number of nitrogens with two attached hydrogens (primary N) is 1. The molecule has 1 aromatic rings. The zero-order valence-electron chi connectivity index (χ0n) is 14.6. The minimum absolute atomic E-state index is 0.508. The molecule has 0 radical (unpaired) electrons. The lowest BCUT2D eigenvalue weighted by molar-refractivity contribution is -0.706. The first-order valence-corrected chi connectivity index (χ1v) is 9.16. The number of benzene rings is 1. The quantitative estimate of drug-likeness (QED) is 0.739. The second-order valence-electron chi connectivity index (χ2n) is 6.36. The summed E-state index contributed by atoms with van der Waals surface area (Å²) in [5.74, 6) is 1.65. The Hall–Kier alpha value is -1.48. The fourth-order valence-corrected chi connectivity index (χ4v) is 3.24. The zero-order valence-corrected chi connectivity index (χ0v) is 14.6. The molecule has 2 N–H and O–H groups in total. The fourth-order valence-electron chi connectivity index (χ4n) is 3.24. The smallest absolute Gasteiger partial charge is 0.161 e. The molecule has 1 fully saturated rings. The summed E-state index contributed by atoms with van der Waals surface area (Å²) in [6.07, 6.45) is 11.5. The maximum atomic E-state index is 5.73. The van der Waals surface area contributed by atoms with Gasteiger partial charge in [-0.1, -0.05) is 31.9 Å². The fraction of sp³-hybridized carbons (Fsp3) is 0.600. The molecular formula is C20H32NO2+. The Labute approximate surface area is 141 Å². The molecule has 3 heteroatoms. The number of rotatable bonds is 8. The second kappa shape index (κ2) is 10.3. The van der Waals surface area contributed by atoms with Crippen LogP contribution in [-0.4, -0.2) is 19.3 Å². The topological polar surface area (TPSA) is 35.1 Å². The van der Waals surface area contributed by atoms with E-state index in [0.29, 0.717) is 13.2 Å². The summed E-state index contributed by atoms with van der Waals surface area (Å²) in [4.78, 5) is 0. The van der Waals surface area contributed by atoms with Crippen LogP contribution in [0.4, 0.5) is 0 Å². The monoisotopic (exact) mass is 318 g/mol. The molecular weight excluding hydrogens is 286 g/mol. The molecule has 23 heavy (non-hydrogen) atoms. The van der Waals surface area contributed by atoms with Crippen LogP contribution < -0.4 is 14.8 Å². The second-order valence-corrected chi connectivity index (χ2v) is 6.36. The van der Waals surface area contributed by atoms with Gasteiger partial charge < -0.3 is 14.8 Å². The lowest BCUT2D eigenvalue weighted by Crippen LogP contribution is -2.88. The molecule has 0 saturated heterocycles. The molecule has 1 aromatic carbocycles. The molecule has 128 valence electrons. The highest BCUT2D eigenvalue weighted by Crippen LogP contribution is 2.28. The van der Waals surface area contributed by atoms with E-state index in [1.54, 1.807) is 6.08 Å². The predicted molar refractivity (Wildman–Crippen MR) is 95.0 cm³/mol. The van der Waals surface area contributed by atoms with Crippen molar-refractivity contribution >= 4 is 0 Å². The molecule has 1 aliphatic carbocycles. The molecule has 0 aliphatic heterocycles. The summed E-state index contributed by atoms with van der Waals surface area (Å²) in [5.41, 5.74) is 1.31. The molecule has 0 unspecified atom stereocenters. The van der Waals surface area contributed by atoms with Crippen molar-refractivity contribution in [2.45, 2.75) is 64.5 Å². The molecule has 0 amide bonds. The summed E-state index contributed by atoms with van der Waals surface area (Å²) in [7, 11) is 0. The maximum Gasteiger partial charge on any atom is 0.161 e. The molecule has 0 atom stereocenters. The van der Waals surface area contributed by atoms with Gasteiger partial charge in [0.25, 0.3) is 0 Å². The van der Waals surface area contributed by atoms with E-state index in [0.717, 1.165) is 24.1 Å². The average molecular weight is 318 g/mol. The number of ether oxygens (including phenoxy) is 2. The van der Waals surface area contributed by atoms with Gasteiger partial charge in [-0.2, -0.15) is 0 Å². The van der Waals surface area contributed by atoms with E-state index < -0.39 is 0 Å². The normalized spacial score (nSPS) is 16.4. The Kier molecular flexibility index (Phi) is 8.02. The van der Waals surface area contributed by atoms with E-state index in [4.69, 9.17) is 9.47 Å². The molecule has 2 rings (SSSR count). The van der Waals surface area contributed by atoms with Crippen LogP contribution in [0.5, 0.6) is 11.5 Å². The van der Waals surface area contributed by atoms with E-state index in [1.165, 1.54) is 50.5 Å². The van der Waals surface area contributed by atoms with Crippen molar-refractivity contribution in [3.05, 3.63) is 36.4 Å². The third kappa shape index (κ3) is 6.26. The molecule has 0 aromatic heterocycles. The van der Waals surface area contributed by atoms with Gasteiger partial charge >= 0.3 is 0 Å². The first kappa shape index (κ1) is 17.9. The Bertz CT molecular complexity index is 465. The zero-order chi connectivity index (χ0) is 16.3. The van der Waals surface area contributed by atoms with Gasteiger partial charge in [0.2, 0.25) is 0 Å². The summed E-state index contributed by atoms with van der Waals surface area (Å²) in [5, 5.41) is 2.51. The molecule has 0 heterocycles. The van der Waals surface area contributed by atoms with E-state index >= 15 is 0 Å². The minimum atomic E-state index is 0.508. The molecule has 1 aliphatic rings. The highest BCUT2D eigenvalue weighted by molar-refractivity contribution is 5.42. The van der Waals surface area contributed by atoms with E-state index in [2.05, 4.69) is 24.0 Å². The predicted octanol–water partition coefficient (Wildman–Crippen LogP) is 3.83. The Morgan fingerprint density at radius 3 is 2.52 bits per heavy atom. The van der Waals surface area contributed by atoms with Gasteiger partial charge in [0, 0.05) is 5.56 Å². The Morgan fingerprint density at radius 1 is 1.09 bits per heavy atom. The van der Waals surface area contributed by atoms with Crippen LogP contribution in [0.25, 0.3) is 0 Å². The number of quaternary nitrogens is 1. The van der Waals surface area contributed by atoms with Crippen molar-refractivity contribution < 1.29 is 14.8 Å². The van der Waals surface area contributed by atoms with Gasteiger partial charge in [0.15, 0.2) is 11.5 Å². The molecule has 1 saturated carbocycles. The first-order chi connectivity index (χ1) is 11.3. The van der Waals surface area contributed by atoms with Gasteiger partial charge in [-0.3, -0.25) is 0 Å². The number of hydrogen-bond donors (Lipinski definition) is 1. The first-order valence-electron chi connectivity index (χ1n) is 9.16. The van der Waals surface area contributed by atoms with Gasteiger partial charge in [-0.05, 0) is 50.8 Å². The third-order valence-corrected chi connectivity index (χ3v) is 4.50. The summed E-state index contributed by atoms with van der Waals surface area (Å²) >= 11 is 0. The molecule has 0 spiro atoms. The molecule has 3 nitrogen and oxygen atoms in total. The highest BCUT2D eigenvalue weighted by atomic mass is 16.5. The van der Waals surface area contributed by atoms with Crippen molar-refractivity contribution in [2.24, 2.45) is 0 Å². The van der Waals surface area contributed by atoms with E-state index in [1.807, 2.05) is 13.0 Å². The van der Waals surface area contributed by atoms with E-state index in [9.17, 15) is 0 Å². The van der Waals surface area contributed by atoms with Crippen molar-refractivity contribution in [1.29, 1.82) is 0 Å². The van der Waals surface area contributed by atoms with Crippen LogP contribution >= 0.6 is 0 Å². The third-order valence-electron chi connectivity index (χ3n) is 4.50.